The second kappa shape index (κ2) is 8.96. The van der Waals surface area contributed by atoms with E-state index in [4.69, 9.17) is 4.74 Å². The Hall–Kier alpha value is -1.33. The molecule has 0 radical (unpaired) electrons. The second-order valence-corrected chi connectivity index (χ2v) is 6.43. The van der Waals surface area contributed by atoms with Crippen LogP contribution in [0.3, 0.4) is 0 Å². The summed E-state index contributed by atoms with van der Waals surface area (Å²) in [6.07, 6.45) is 0. The van der Waals surface area contributed by atoms with Crippen LogP contribution in [0.25, 0.3) is 0 Å². The van der Waals surface area contributed by atoms with Gasteiger partial charge in [-0.05, 0) is 34.6 Å². The van der Waals surface area contributed by atoms with Crippen LogP contribution in [0.15, 0.2) is 54.6 Å². The first-order valence-electron chi connectivity index (χ1n) is 7.81. The molecular formula is C20H29OP. The molecule has 120 valence electrons. The fourth-order valence-electron chi connectivity index (χ4n) is 2.09. The van der Waals surface area contributed by atoms with Crippen LogP contribution in [-0.2, 0) is 6.61 Å². The summed E-state index contributed by atoms with van der Waals surface area (Å²) in [6, 6.07) is 18.7. The molecule has 0 aromatic heterocycles. The minimum absolute atomic E-state index is 0.284. The molecule has 0 aliphatic carbocycles. The van der Waals surface area contributed by atoms with Crippen molar-refractivity contribution in [2.45, 2.75) is 40.2 Å². The number of benzene rings is 2. The molecule has 2 aromatic rings. The third-order valence-corrected chi connectivity index (χ3v) is 3.93. The number of ether oxygens (including phenoxy) is 1. The monoisotopic (exact) mass is 316 g/mol. The van der Waals surface area contributed by atoms with Crippen LogP contribution in [0.1, 0.15) is 44.7 Å². The summed E-state index contributed by atoms with van der Waals surface area (Å²) in [4.78, 5) is 0. The molecule has 0 aliphatic heterocycles. The smallest absolute Gasteiger partial charge is 0.119 e. The number of rotatable bonds is 4. The molecule has 22 heavy (non-hydrogen) atoms. The molecule has 2 atom stereocenters. The van der Waals surface area contributed by atoms with Crippen molar-refractivity contribution in [3.63, 3.8) is 0 Å². The van der Waals surface area contributed by atoms with Gasteiger partial charge in [0, 0.05) is 0 Å². The first-order chi connectivity index (χ1) is 10.5. The van der Waals surface area contributed by atoms with Crippen LogP contribution in [0.4, 0.5) is 0 Å². The lowest BCUT2D eigenvalue weighted by Crippen LogP contribution is -2.15. The van der Waals surface area contributed by atoms with Gasteiger partial charge in [-0.3, -0.25) is 0 Å². The van der Waals surface area contributed by atoms with Crippen LogP contribution in [-0.4, -0.2) is 6.66 Å². The van der Waals surface area contributed by atoms with Gasteiger partial charge in [0.25, 0.3) is 0 Å². The van der Waals surface area contributed by atoms with Gasteiger partial charge in [0.1, 0.15) is 12.4 Å². The molecule has 0 saturated heterocycles. The van der Waals surface area contributed by atoms with Crippen molar-refractivity contribution in [1.29, 1.82) is 0 Å². The number of hydrogen-bond acceptors (Lipinski definition) is 1. The Bertz CT molecular complexity index is 526. The van der Waals surface area contributed by atoms with Crippen molar-refractivity contribution < 1.29 is 4.74 Å². The van der Waals surface area contributed by atoms with Gasteiger partial charge in [-0.1, -0.05) is 76.8 Å². The first kappa shape index (κ1) is 18.7. The summed E-state index contributed by atoms with van der Waals surface area (Å²) < 4.78 is 5.81. The molecule has 0 heterocycles. The molecule has 0 N–H and O–H groups in total. The van der Waals surface area contributed by atoms with E-state index in [0.29, 0.717) is 12.5 Å². The Kier molecular flexibility index (Phi) is 7.62. The van der Waals surface area contributed by atoms with Crippen LogP contribution >= 0.6 is 9.24 Å². The SMILES string of the molecule is CC(c1ccc(OCc2ccccc2)cc1)C(C)(C)C.CP. The molecular weight excluding hydrogens is 287 g/mol. The molecule has 1 nitrogen and oxygen atoms in total. The fraction of sp³-hybridized carbons (Fsp3) is 0.400. The normalized spacial score (nSPS) is 12.1. The van der Waals surface area contributed by atoms with Crippen LogP contribution in [0, 0.1) is 5.41 Å². The zero-order valence-corrected chi connectivity index (χ0v) is 15.6. The summed E-state index contributed by atoms with van der Waals surface area (Å²) in [5.41, 5.74) is 2.84. The molecule has 2 heteroatoms. The Morgan fingerprint density at radius 2 is 1.45 bits per heavy atom. The lowest BCUT2D eigenvalue weighted by atomic mass is 9.78. The Morgan fingerprint density at radius 3 is 1.95 bits per heavy atom. The Labute approximate surface area is 138 Å². The second-order valence-electron chi connectivity index (χ2n) is 6.43. The zero-order valence-electron chi connectivity index (χ0n) is 14.5. The minimum Gasteiger partial charge on any atom is -0.489 e. The van der Waals surface area contributed by atoms with Crippen LogP contribution in [0.2, 0.25) is 0 Å². The van der Waals surface area contributed by atoms with Gasteiger partial charge in [0.05, 0.1) is 0 Å². The van der Waals surface area contributed by atoms with Gasteiger partial charge < -0.3 is 4.74 Å². The van der Waals surface area contributed by atoms with Gasteiger partial charge >= 0.3 is 0 Å². The largest absolute Gasteiger partial charge is 0.489 e. The molecule has 0 fully saturated rings. The quantitative estimate of drug-likeness (QED) is 0.637. The highest BCUT2D eigenvalue weighted by atomic mass is 31.0. The molecule has 0 saturated carbocycles. The van der Waals surface area contributed by atoms with Crippen molar-refractivity contribution >= 4 is 9.24 Å². The van der Waals surface area contributed by atoms with Crippen molar-refractivity contribution in [2.75, 3.05) is 6.66 Å². The highest BCUT2D eigenvalue weighted by molar-refractivity contribution is 7.15. The van der Waals surface area contributed by atoms with Gasteiger partial charge in [-0.25, -0.2) is 0 Å². The van der Waals surface area contributed by atoms with E-state index in [1.165, 1.54) is 11.1 Å². The maximum Gasteiger partial charge on any atom is 0.119 e. The van der Waals surface area contributed by atoms with E-state index < -0.39 is 0 Å². The van der Waals surface area contributed by atoms with Gasteiger partial charge in [-0.15, -0.1) is 9.24 Å². The van der Waals surface area contributed by atoms with Crippen molar-refractivity contribution in [3.8, 4) is 5.75 Å². The zero-order chi connectivity index (χ0) is 16.6. The van der Waals surface area contributed by atoms with Crippen LogP contribution < -0.4 is 4.74 Å². The fourth-order valence-corrected chi connectivity index (χ4v) is 2.09. The summed E-state index contributed by atoms with van der Waals surface area (Å²) >= 11 is 0. The standard InChI is InChI=1S/C19H24O.CH5P/c1-15(19(2,3)4)17-10-12-18(13-11-17)20-14-16-8-6-5-7-9-16;1-2/h5-13,15H,14H2,1-4H3;2H2,1H3. The molecule has 0 bridgehead atoms. The highest BCUT2D eigenvalue weighted by Crippen LogP contribution is 2.34. The molecule has 0 amide bonds. The lowest BCUT2D eigenvalue weighted by Gasteiger charge is -2.27. The molecule has 0 aliphatic rings. The number of hydrogen-bond donors (Lipinski definition) is 0. The lowest BCUT2D eigenvalue weighted by molar-refractivity contribution is 0.305. The summed E-state index contributed by atoms with van der Waals surface area (Å²) in [6.45, 7) is 11.6. The van der Waals surface area contributed by atoms with E-state index in [0.717, 1.165) is 5.75 Å². The van der Waals surface area contributed by atoms with E-state index >= 15 is 0 Å². The van der Waals surface area contributed by atoms with E-state index in [1.54, 1.807) is 0 Å². The van der Waals surface area contributed by atoms with E-state index in [1.807, 2.05) is 24.9 Å². The minimum atomic E-state index is 0.284. The summed E-state index contributed by atoms with van der Waals surface area (Å²) in [5, 5.41) is 0. The third kappa shape index (κ3) is 5.81. The average Bonchev–Trinajstić information content (AvgIpc) is 2.55. The van der Waals surface area contributed by atoms with Gasteiger partial charge in [0.15, 0.2) is 0 Å². The molecule has 2 rings (SSSR count). The summed E-state index contributed by atoms with van der Waals surface area (Å²) in [7, 11) is 2.42. The van der Waals surface area contributed by atoms with Gasteiger partial charge in [-0.2, -0.15) is 0 Å². The molecule has 2 aromatic carbocycles. The molecule has 0 spiro atoms. The maximum absolute atomic E-state index is 5.81. The topological polar surface area (TPSA) is 9.23 Å². The van der Waals surface area contributed by atoms with E-state index in [-0.39, 0.29) is 5.41 Å². The summed E-state index contributed by atoms with van der Waals surface area (Å²) in [5.74, 6) is 1.46. The van der Waals surface area contributed by atoms with Crippen LogP contribution in [0.5, 0.6) is 5.75 Å². The predicted octanol–water partition coefficient (Wildman–Crippen LogP) is 5.91. The predicted molar refractivity (Wildman–Crippen MR) is 101 cm³/mol. The van der Waals surface area contributed by atoms with Crippen molar-refractivity contribution in [1.82, 2.24) is 0 Å². The van der Waals surface area contributed by atoms with E-state index in [2.05, 4.69) is 73.3 Å². The molecule has 2 unspecified atom stereocenters. The maximum atomic E-state index is 5.81. The van der Waals surface area contributed by atoms with E-state index in [9.17, 15) is 0 Å². The van der Waals surface area contributed by atoms with Crippen molar-refractivity contribution in [3.05, 3.63) is 65.7 Å². The van der Waals surface area contributed by atoms with Gasteiger partial charge in [0.2, 0.25) is 0 Å². The highest BCUT2D eigenvalue weighted by Gasteiger charge is 2.21. The Morgan fingerprint density at radius 1 is 0.909 bits per heavy atom. The Balaban J connectivity index is 0.00000116. The average molecular weight is 316 g/mol. The first-order valence-corrected chi connectivity index (χ1v) is 8.97. The third-order valence-electron chi connectivity index (χ3n) is 3.93. The van der Waals surface area contributed by atoms with Crippen molar-refractivity contribution in [2.24, 2.45) is 5.41 Å².